The molecule has 1 amide bonds. The largest absolute Gasteiger partial charge is 0.337 e. The number of hydrogen-bond acceptors (Lipinski definition) is 3. The topological polar surface area (TPSA) is 41.4 Å². The smallest absolute Gasteiger partial charge is 0.257 e. The van der Waals surface area contributed by atoms with Gasteiger partial charge in [0.2, 0.25) is 0 Å². The number of carbonyl (C=O) groups is 1. The van der Waals surface area contributed by atoms with Crippen LogP contribution >= 0.6 is 0 Å². The molecule has 2 aromatic rings. The number of carbonyl (C=O) groups excluding carboxylic acids is 1. The minimum absolute atomic E-state index is 0.0841. The van der Waals surface area contributed by atoms with Crippen molar-refractivity contribution in [2.24, 2.45) is 0 Å². The summed E-state index contributed by atoms with van der Waals surface area (Å²) >= 11 is 0. The Kier molecular flexibility index (Phi) is 6.45. The first kappa shape index (κ1) is 18.6. The molecule has 0 saturated carbocycles. The second-order valence-electron chi connectivity index (χ2n) is 7.19. The summed E-state index contributed by atoms with van der Waals surface area (Å²) < 4.78 is 1.80. The fourth-order valence-electron chi connectivity index (χ4n) is 3.72. The van der Waals surface area contributed by atoms with E-state index in [0.717, 1.165) is 51.9 Å². The molecule has 0 aliphatic carbocycles. The minimum Gasteiger partial charge on any atom is -0.337 e. The van der Waals surface area contributed by atoms with Crippen LogP contribution in [0.3, 0.4) is 0 Å². The van der Waals surface area contributed by atoms with Crippen LogP contribution in [-0.4, -0.2) is 58.2 Å². The zero-order valence-corrected chi connectivity index (χ0v) is 16.0. The number of aryl methyl sites for hydroxylation is 2. The quantitative estimate of drug-likeness (QED) is 0.767. The average molecular weight is 354 g/mol. The Bertz CT molecular complexity index is 697. The molecule has 1 unspecified atom stereocenters. The molecule has 0 bridgehead atoms. The Morgan fingerprint density at radius 1 is 1.31 bits per heavy atom. The predicted molar refractivity (Wildman–Crippen MR) is 104 cm³/mol. The lowest BCUT2D eigenvalue weighted by atomic mass is 10.0. The molecule has 1 aromatic carbocycles. The highest BCUT2D eigenvalue weighted by molar-refractivity contribution is 5.93. The van der Waals surface area contributed by atoms with E-state index in [2.05, 4.69) is 40.3 Å². The Hall–Kier alpha value is -2.14. The van der Waals surface area contributed by atoms with Crippen LogP contribution in [0, 0.1) is 0 Å². The summed E-state index contributed by atoms with van der Waals surface area (Å²) in [4.78, 5) is 17.2. The Morgan fingerprint density at radius 2 is 2.12 bits per heavy atom. The molecule has 26 heavy (non-hydrogen) atoms. The van der Waals surface area contributed by atoms with Crippen LogP contribution in [0.2, 0.25) is 0 Å². The molecule has 0 N–H and O–H groups in total. The van der Waals surface area contributed by atoms with Crippen molar-refractivity contribution in [3.63, 3.8) is 0 Å². The second-order valence-corrected chi connectivity index (χ2v) is 7.19. The number of rotatable bonds is 7. The van der Waals surface area contributed by atoms with Crippen molar-refractivity contribution in [3.05, 3.63) is 53.9 Å². The molecule has 1 saturated heterocycles. The molecule has 0 radical (unpaired) electrons. The molecule has 1 aliphatic rings. The van der Waals surface area contributed by atoms with Crippen LogP contribution in [0.4, 0.5) is 0 Å². The van der Waals surface area contributed by atoms with Crippen LogP contribution < -0.4 is 0 Å². The number of aromatic nitrogens is 2. The van der Waals surface area contributed by atoms with E-state index in [-0.39, 0.29) is 11.9 Å². The van der Waals surface area contributed by atoms with E-state index in [4.69, 9.17) is 0 Å². The number of piperidine rings is 1. The van der Waals surface area contributed by atoms with E-state index in [1.807, 2.05) is 25.1 Å². The highest BCUT2D eigenvalue weighted by Gasteiger charge is 2.27. The zero-order chi connectivity index (χ0) is 18.4. The summed E-state index contributed by atoms with van der Waals surface area (Å²) in [6.07, 6.45) is 8.05. The van der Waals surface area contributed by atoms with Crippen molar-refractivity contribution in [2.45, 2.75) is 45.2 Å². The van der Waals surface area contributed by atoms with E-state index >= 15 is 0 Å². The highest BCUT2D eigenvalue weighted by atomic mass is 16.2. The summed E-state index contributed by atoms with van der Waals surface area (Å²) in [5.74, 6) is 0.0841. The van der Waals surface area contributed by atoms with E-state index in [9.17, 15) is 4.79 Å². The molecule has 1 aromatic heterocycles. The van der Waals surface area contributed by atoms with Crippen LogP contribution in [0.15, 0.2) is 42.7 Å². The maximum atomic E-state index is 12.7. The molecule has 3 rings (SSSR count). The van der Waals surface area contributed by atoms with Crippen molar-refractivity contribution in [2.75, 3.05) is 26.7 Å². The van der Waals surface area contributed by atoms with Gasteiger partial charge in [0.1, 0.15) is 0 Å². The Balaban J connectivity index is 1.49. The number of nitrogens with zero attached hydrogens (tertiary/aromatic N) is 4. The van der Waals surface area contributed by atoms with Gasteiger partial charge >= 0.3 is 0 Å². The van der Waals surface area contributed by atoms with Gasteiger partial charge < -0.3 is 9.80 Å². The van der Waals surface area contributed by atoms with Gasteiger partial charge in [0.15, 0.2) is 0 Å². The van der Waals surface area contributed by atoms with Crippen LogP contribution in [0.5, 0.6) is 0 Å². The van der Waals surface area contributed by atoms with Gasteiger partial charge in [-0.25, -0.2) is 0 Å². The lowest BCUT2D eigenvalue weighted by Gasteiger charge is -2.37. The molecule has 140 valence electrons. The van der Waals surface area contributed by atoms with Gasteiger partial charge in [0, 0.05) is 32.4 Å². The van der Waals surface area contributed by atoms with Gasteiger partial charge in [-0.2, -0.15) is 5.10 Å². The molecule has 1 fully saturated rings. The first-order chi connectivity index (χ1) is 12.7. The maximum absolute atomic E-state index is 12.7. The minimum atomic E-state index is 0.0841. The first-order valence-electron chi connectivity index (χ1n) is 9.73. The Morgan fingerprint density at radius 3 is 2.85 bits per heavy atom. The van der Waals surface area contributed by atoms with Crippen molar-refractivity contribution in [3.8, 4) is 0 Å². The number of likely N-dealkylation sites (tertiary alicyclic amines) is 1. The lowest BCUT2D eigenvalue weighted by molar-refractivity contribution is 0.0617. The number of likely N-dealkylation sites (N-methyl/N-ethyl adjacent to an activating group) is 1. The van der Waals surface area contributed by atoms with E-state index in [0.29, 0.717) is 5.56 Å². The van der Waals surface area contributed by atoms with Gasteiger partial charge in [0.25, 0.3) is 5.91 Å². The number of hydrogen-bond donors (Lipinski definition) is 0. The first-order valence-corrected chi connectivity index (χ1v) is 9.73. The average Bonchev–Trinajstić information content (AvgIpc) is 3.17. The van der Waals surface area contributed by atoms with Crippen molar-refractivity contribution in [1.82, 2.24) is 19.6 Å². The summed E-state index contributed by atoms with van der Waals surface area (Å²) in [6, 6.07) is 11.0. The van der Waals surface area contributed by atoms with Crippen molar-refractivity contribution < 1.29 is 4.79 Å². The van der Waals surface area contributed by atoms with Crippen LogP contribution in [-0.2, 0) is 13.0 Å². The predicted octanol–water partition coefficient (Wildman–Crippen LogP) is 3.07. The summed E-state index contributed by atoms with van der Waals surface area (Å²) in [5, 5.41) is 4.23. The SMILES string of the molecule is CCn1cc(C(=O)N(C)C2CCCN(CCCc3ccccc3)C2)cn1. The van der Waals surface area contributed by atoms with Gasteiger partial charge in [-0.3, -0.25) is 9.48 Å². The maximum Gasteiger partial charge on any atom is 0.257 e. The summed E-state index contributed by atoms with van der Waals surface area (Å²) in [7, 11) is 1.93. The Labute approximate surface area is 156 Å². The third-order valence-corrected chi connectivity index (χ3v) is 5.34. The standard InChI is InChI=1S/C21H30N4O/c1-3-25-16-19(15-22-25)21(26)23(2)20-12-8-14-24(17-20)13-7-11-18-9-5-4-6-10-18/h4-6,9-10,15-16,20H,3,7-8,11-14,17H2,1-2H3. The fraction of sp³-hybridized carbons (Fsp3) is 0.524. The lowest BCUT2D eigenvalue weighted by Crippen LogP contribution is -2.48. The van der Waals surface area contributed by atoms with Crippen LogP contribution in [0.25, 0.3) is 0 Å². The molecule has 1 aliphatic heterocycles. The molecular formula is C21H30N4O. The summed E-state index contributed by atoms with van der Waals surface area (Å²) in [6.45, 7) is 6.02. The van der Waals surface area contributed by atoms with E-state index in [1.165, 1.54) is 5.56 Å². The van der Waals surface area contributed by atoms with E-state index < -0.39 is 0 Å². The van der Waals surface area contributed by atoms with E-state index in [1.54, 1.807) is 10.9 Å². The number of amides is 1. The van der Waals surface area contributed by atoms with Crippen molar-refractivity contribution >= 4 is 5.91 Å². The van der Waals surface area contributed by atoms with Gasteiger partial charge in [-0.15, -0.1) is 0 Å². The fourth-order valence-corrected chi connectivity index (χ4v) is 3.72. The van der Waals surface area contributed by atoms with Gasteiger partial charge in [0.05, 0.1) is 11.8 Å². The third kappa shape index (κ3) is 4.73. The normalized spacial score (nSPS) is 18.0. The molecule has 5 nitrogen and oxygen atoms in total. The van der Waals surface area contributed by atoms with Gasteiger partial charge in [-0.05, 0) is 51.3 Å². The molecule has 2 heterocycles. The zero-order valence-electron chi connectivity index (χ0n) is 16.0. The molecule has 0 spiro atoms. The summed E-state index contributed by atoms with van der Waals surface area (Å²) in [5.41, 5.74) is 2.09. The molecule has 1 atom stereocenters. The van der Waals surface area contributed by atoms with Crippen molar-refractivity contribution in [1.29, 1.82) is 0 Å². The van der Waals surface area contributed by atoms with Gasteiger partial charge in [-0.1, -0.05) is 30.3 Å². The molecular weight excluding hydrogens is 324 g/mol. The van der Waals surface area contributed by atoms with Crippen LogP contribution in [0.1, 0.15) is 42.1 Å². The number of benzene rings is 1. The molecule has 5 heteroatoms. The highest BCUT2D eigenvalue weighted by Crippen LogP contribution is 2.17. The second kappa shape index (κ2) is 8.99. The monoisotopic (exact) mass is 354 g/mol. The third-order valence-electron chi connectivity index (χ3n) is 5.34.